The highest BCUT2D eigenvalue weighted by Gasteiger charge is 2.28. The van der Waals surface area contributed by atoms with Crippen molar-refractivity contribution in [2.45, 2.75) is 19.4 Å². The zero-order valence-electron chi connectivity index (χ0n) is 8.53. The van der Waals surface area contributed by atoms with Crippen LogP contribution in [0.3, 0.4) is 0 Å². The molecule has 1 unspecified atom stereocenters. The van der Waals surface area contributed by atoms with Crippen molar-refractivity contribution < 1.29 is 4.79 Å². The van der Waals surface area contributed by atoms with Crippen LogP contribution in [-0.2, 0) is 11.2 Å². The molecule has 0 amide bonds. The van der Waals surface area contributed by atoms with Crippen molar-refractivity contribution in [3.05, 3.63) is 29.6 Å². The van der Waals surface area contributed by atoms with Crippen LogP contribution in [0.15, 0.2) is 18.3 Å². The highest BCUT2D eigenvalue weighted by atomic mass is 16.1. The summed E-state index contributed by atoms with van der Waals surface area (Å²) in [5.74, 6) is 0.196. The van der Waals surface area contributed by atoms with E-state index >= 15 is 0 Å². The highest BCUT2D eigenvalue weighted by Crippen LogP contribution is 2.27. The Balaban J connectivity index is 2.46. The van der Waals surface area contributed by atoms with Crippen molar-refractivity contribution in [1.82, 2.24) is 9.88 Å². The summed E-state index contributed by atoms with van der Waals surface area (Å²) in [6.07, 6.45) is 2.73. The van der Waals surface area contributed by atoms with Gasteiger partial charge in [0.05, 0.1) is 6.04 Å². The van der Waals surface area contributed by atoms with E-state index in [1.807, 2.05) is 19.2 Å². The molecule has 3 nitrogen and oxygen atoms in total. The monoisotopic (exact) mass is 190 g/mol. The van der Waals surface area contributed by atoms with Gasteiger partial charge in [-0.05, 0) is 25.6 Å². The van der Waals surface area contributed by atoms with E-state index in [1.165, 1.54) is 0 Å². The highest BCUT2D eigenvalue weighted by molar-refractivity contribution is 5.83. The van der Waals surface area contributed by atoms with Gasteiger partial charge in [0, 0.05) is 24.9 Å². The smallest absolute Gasteiger partial charge is 0.151 e. The summed E-state index contributed by atoms with van der Waals surface area (Å²) in [6.45, 7) is 2.55. The first-order chi connectivity index (χ1) is 6.70. The minimum Gasteiger partial charge on any atom is -0.298 e. The number of carbonyl (C=O) groups excluding carboxylic acids is 1. The molecule has 0 spiro atoms. The first-order valence-electron chi connectivity index (χ1n) is 4.84. The lowest BCUT2D eigenvalue weighted by molar-refractivity contribution is -0.122. The summed E-state index contributed by atoms with van der Waals surface area (Å²) in [4.78, 5) is 17.9. The van der Waals surface area contributed by atoms with Gasteiger partial charge in [0.25, 0.3) is 0 Å². The molecular weight excluding hydrogens is 176 g/mol. The molecule has 2 rings (SSSR count). The van der Waals surface area contributed by atoms with E-state index in [0.29, 0.717) is 0 Å². The first-order valence-corrected chi connectivity index (χ1v) is 4.84. The molecule has 1 aromatic rings. The summed E-state index contributed by atoms with van der Waals surface area (Å²) >= 11 is 0. The Morgan fingerprint density at radius 1 is 1.64 bits per heavy atom. The second-order valence-corrected chi connectivity index (χ2v) is 3.78. The third kappa shape index (κ3) is 1.44. The fourth-order valence-electron chi connectivity index (χ4n) is 2.09. The molecule has 2 heterocycles. The van der Waals surface area contributed by atoms with Crippen LogP contribution >= 0.6 is 0 Å². The predicted octanol–water partition coefficient (Wildman–Crippen LogP) is 1.20. The zero-order valence-corrected chi connectivity index (χ0v) is 8.53. The van der Waals surface area contributed by atoms with Crippen molar-refractivity contribution in [1.29, 1.82) is 0 Å². The number of nitrogens with zero attached hydrogens (tertiary/aromatic N) is 2. The molecule has 3 heteroatoms. The largest absolute Gasteiger partial charge is 0.298 e. The molecule has 1 aromatic heterocycles. The maximum atomic E-state index is 11.5. The number of Topliss-reactive ketones (excluding diaryl/α,β-unsaturated/α-hetero) is 1. The fourth-order valence-corrected chi connectivity index (χ4v) is 2.09. The summed E-state index contributed by atoms with van der Waals surface area (Å²) < 4.78 is 0. The van der Waals surface area contributed by atoms with Crippen LogP contribution in [-0.4, -0.2) is 29.3 Å². The van der Waals surface area contributed by atoms with Crippen LogP contribution < -0.4 is 0 Å². The Morgan fingerprint density at radius 2 is 2.43 bits per heavy atom. The van der Waals surface area contributed by atoms with E-state index in [9.17, 15) is 4.79 Å². The summed E-state index contributed by atoms with van der Waals surface area (Å²) in [6, 6.07) is 3.81. The van der Waals surface area contributed by atoms with Gasteiger partial charge in [-0.15, -0.1) is 0 Å². The third-order valence-electron chi connectivity index (χ3n) is 2.75. The second kappa shape index (κ2) is 3.50. The summed E-state index contributed by atoms with van der Waals surface area (Å²) in [7, 11) is 1.99. The van der Waals surface area contributed by atoms with Gasteiger partial charge in [0.2, 0.25) is 0 Å². The Labute approximate surface area is 83.8 Å². The Hall–Kier alpha value is -1.22. The lowest BCUT2D eigenvalue weighted by atomic mass is 9.95. The van der Waals surface area contributed by atoms with E-state index in [4.69, 9.17) is 0 Å². The first kappa shape index (κ1) is 9.34. The number of rotatable bonds is 1. The van der Waals surface area contributed by atoms with Gasteiger partial charge in [0.15, 0.2) is 5.78 Å². The molecule has 0 fully saturated rings. The fraction of sp³-hybridized carbons (Fsp3) is 0.455. The van der Waals surface area contributed by atoms with Gasteiger partial charge in [0.1, 0.15) is 0 Å². The molecule has 14 heavy (non-hydrogen) atoms. The van der Waals surface area contributed by atoms with Crippen molar-refractivity contribution in [3.8, 4) is 0 Å². The molecule has 1 aliphatic heterocycles. The Morgan fingerprint density at radius 3 is 3.14 bits per heavy atom. The number of pyridine rings is 1. The molecule has 0 bridgehead atoms. The van der Waals surface area contributed by atoms with Crippen LogP contribution in [0, 0.1) is 0 Å². The number of likely N-dealkylation sites (N-methyl/N-ethyl adjacent to an activating group) is 1. The number of hydrogen-bond donors (Lipinski definition) is 0. The lowest BCUT2D eigenvalue weighted by Gasteiger charge is -2.31. The maximum Gasteiger partial charge on any atom is 0.151 e. The molecule has 74 valence electrons. The molecular formula is C11H14N2O. The standard InChI is InChI=1S/C11H14N2O/c1-8(14)11-9-4-3-6-12-10(9)5-7-13(11)2/h3-4,6,11H,5,7H2,1-2H3. The van der Waals surface area contributed by atoms with Gasteiger partial charge < -0.3 is 0 Å². The molecule has 0 aliphatic carbocycles. The zero-order chi connectivity index (χ0) is 10.1. The Kier molecular flexibility index (Phi) is 2.33. The van der Waals surface area contributed by atoms with Gasteiger partial charge in [-0.25, -0.2) is 0 Å². The van der Waals surface area contributed by atoms with Gasteiger partial charge >= 0.3 is 0 Å². The van der Waals surface area contributed by atoms with Crippen LogP contribution in [0.2, 0.25) is 0 Å². The van der Waals surface area contributed by atoms with Crippen LogP contribution in [0.5, 0.6) is 0 Å². The van der Waals surface area contributed by atoms with E-state index in [0.717, 1.165) is 24.2 Å². The average Bonchev–Trinajstić information content (AvgIpc) is 2.17. The molecule has 0 aromatic carbocycles. The topological polar surface area (TPSA) is 33.2 Å². The summed E-state index contributed by atoms with van der Waals surface area (Å²) in [5, 5.41) is 0. The molecule has 0 radical (unpaired) electrons. The van der Waals surface area contributed by atoms with E-state index in [1.54, 1.807) is 13.1 Å². The molecule has 0 N–H and O–H groups in total. The van der Waals surface area contributed by atoms with Crippen LogP contribution in [0.4, 0.5) is 0 Å². The summed E-state index contributed by atoms with van der Waals surface area (Å²) in [5.41, 5.74) is 2.15. The third-order valence-corrected chi connectivity index (χ3v) is 2.75. The molecule has 0 saturated heterocycles. The van der Waals surface area contributed by atoms with Gasteiger partial charge in [-0.1, -0.05) is 6.07 Å². The van der Waals surface area contributed by atoms with Crippen LogP contribution in [0.25, 0.3) is 0 Å². The number of hydrogen-bond acceptors (Lipinski definition) is 3. The number of carbonyl (C=O) groups is 1. The Bertz CT molecular complexity index is 362. The van der Waals surface area contributed by atoms with E-state index < -0.39 is 0 Å². The quantitative estimate of drug-likeness (QED) is 0.667. The van der Waals surface area contributed by atoms with Crippen molar-refractivity contribution >= 4 is 5.78 Å². The minimum absolute atomic E-state index is 0.0903. The predicted molar refractivity (Wildman–Crippen MR) is 54.0 cm³/mol. The van der Waals surface area contributed by atoms with E-state index in [-0.39, 0.29) is 11.8 Å². The van der Waals surface area contributed by atoms with Crippen molar-refractivity contribution in [3.63, 3.8) is 0 Å². The maximum absolute atomic E-state index is 11.5. The average molecular weight is 190 g/mol. The second-order valence-electron chi connectivity index (χ2n) is 3.78. The van der Waals surface area contributed by atoms with Crippen molar-refractivity contribution in [2.75, 3.05) is 13.6 Å². The SMILES string of the molecule is CC(=O)C1c2cccnc2CCN1C. The number of fused-ring (bicyclic) bond motifs is 1. The van der Waals surface area contributed by atoms with Gasteiger partial charge in [-0.2, -0.15) is 0 Å². The van der Waals surface area contributed by atoms with E-state index in [2.05, 4.69) is 9.88 Å². The van der Waals surface area contributed by atoms with Crippen molar-refractivity contribution in [2.24, 2.45) is 0 Å². The molecule has 1 atom stereocenters. The van der Waals surface area contributed by atoms with Gasteiger partial charge in [-0.3, -0.25) is 14.7 Å². The molecule has 1 aliphatic rings. The lowest BCUT2D eigenvalue weighted by Crippen LogP contribution is -2.36. The normalized spacial score (nSPS) is 21.7. The number of aromatic nitrogens is 1. The molecule has 0 saturated carbocycles. The van der Waals surface area contributed by atoms with Crippen LogP contribution in [0.1, 0.15) is 24.2 Å². The number of ketones is 1. The minimum atomic E-state index is -0.0903.